The number of fused-ring (bicyclic) bond motifs is 1. The van der Waals surface area contributed by atoms with Gasteiger partial charge in [0.25, 0.3) is 5.91 Å². The molecule has 0 bridgehead atoms. The maximum absolute atomic E-state index is 12.2. The Bertz CT molecular complexity index is 473. The van der Waals surface area contributed by atoms with Crippen molar-refractivity contribution in [2.45, 2.75) is 25.4 Å². The minimum Gasteiger partial charge on any atom is -0.331 e. The van der Waals surface area contributed by atoms with Crippen molar-refractivity contribution in [2.24, 2.45) is 0 Å². The van der Waals surface area contributed by atoms with E-state index in [2.05, 4.69) is 28.1 Å². The first-order valence-electron chi connectivity index (χ1n) is 5.51. The number of nitrogens with zero attached hydrogens (tertiary/aromatic N) is 1. The minimum absolute atomic E-state index is 0.185. The van der Waals surface area contributed by atoms with Crippen LogP contribution in [0.25, 0.3) is 0 Å². The number of carbonyl (C=O) groups is 1. The average molecular weight is 278 g/mol. The molecule has 3 heteroatoms. The lowest BCUT2D eigenvalue weighted by molar-refractivity contribution is 0.0712. The molecule has 1 amide bonds. The quantitative estimate of drug-likeness (QED) is 0.723. The number of amides is 1. The number of benzene rings is 1. The Balaban J connectivity index is 1.94. The second-order valence-corrected chi connectivity index (χ2v) is 5.15. The highest BCUT2D eigenvalue weighted by molar-refractivity contribution is 9.10. The van der Waals surface area contributed by atoms with Crippen molar-refractivity contribution in [3.8, 4) is 0 Å². The van der Waals surface area contributed by atoms with Gasteiger partial charge in [-0.25, -0.2) is 0 Å². The zero-order valence-electron chi connectivity index (χ0n) is 8.82. The Kier molecular flexibility index (Phi) is 2.36. The Hall–Kier alpha value is -1.09. The van der Waals surface area contributed by atoms with Gasteiger partial charge in [-0.1, -0.05) is 34.1 Å². The number of halogens is 1. The van der Waals surface area contributed by atoms with Crippen molar-refractivity contribution in [3.63, 3.8) is 0 Å². The molecule has 3 rings (SSSR count). The molecule has 0 saturated heterocycles. The van der Waals surface area contributed by atoms with E-state index in [4.69, 9.17) is 0 Å². The highest BCUT2D eigenvalue weighted by atomic mass is 79.9. The fraction of sp³-hybridized carbons (Fsp3) is 0.308. The van der Waals surface area contributed by atoms with Gasteiger partial charge in [0.2, 0.25) is 0 Å². The fourth-order valence-electron chi connectivity index (χ4n) is 2.47. The Morgan fingerprint density at radius 3 is 2.69 bits per heavy atom. The first-order chi connectivity index (χ1) is 7.77. The van der Waals surface area contributed by atoms with Crippen LogP contribution in [0.2, 0.25) is 0 Å². The fourth-order valence-corrected chi connectivity index (χ4v) is 2.96. The summed E-state index contributed by atoms with van der Waals surface area (Å²) in [5.74, 6) is 0.185. The third-order valence-corrected chi connectivity index (χ3v) is 4.11. The normalized spacial score (nSPS) is 19.6. The summed E-state index contributed by atoms with van der Waals surface area (Å²) in [4.78, 5) is 14.2. The molecule has 1 heterocycles. The zero-order chi connectivity index (χ0) is 11.1. The molecule has 2 aliphatic rings. The molecule has 0 radical (unpaired) electrons. The van der Waals surface area contributed by atoms with Crippen LogP contribution in [0.5, 0.6) is 0 Å². The van der Waals surface area contributed by atoms with Crippen molar-refractivity contribution in [1.82, 2.24) is 4.90 Å². The largest absolute Gasteiger partial charge is 0.331 e. The lowest BCUT2D eigenvalue weighted by Gasteiger charge is -2.23. The number of rotatable bonds is 1. The van der Waals surface area contributed by atoms with Crippen molar-refractivity contribution in [3.05, 3.63) is 46.0 Å². The average Bonchev–Trinajstić information content (AvgIpc) is 2.88. The summed E-state index contributed by atoms with van der Waals surface area (Å²) in [5, 5.41) is 0. The lowest BCUT2D eigenvalue weighted by Crippen LogP contribution is -2.33. The van der Waals surface area contributed by atoms with Crippen LogP contribution in [0.15, 0.2) is 34.8 Å². The van der Waals surface area contributed by atoms with Gasteiger partial charge in [0, 0.05) is 22.6 Å². The van der Waals surface area contributed by atoms with Crippen LogP contribution in [0.3, 0.4) is 0 Å². The number of hydrogen-bond acceptors (Lipinski definition) is 1. The van der Waals surface area contributed by atoms with Crippen molar-refractivity contribution < 1.29 is 4.79 Å². The van der Waals surface area contributed by atoms with Gasteiger partial charge in [0.15, 0.2) is 0 Å². The molecule has 16 heavy (non-hydrogen) atoms. The van der Waals surface area contributed by atoms with Crippen molar-refractivity contribution in [1.29, 1.82) is 0 Å². The van der Waals surface area contributed by atoms with E-state index in [9.17, 15) is 4.79 Å². The molecule has 0 saturated carbocycles. The second-order valence-electron chi connectivity index (χ2n) is 4.30. The van der Waals surface area contributed by atoms with Gasteiger partial charge in [0.05, 0.1) is 0 Å². The molecule has 0 unspecified atom stereocenters. The first kappa shape index (κ1) is 10.1. The zero-order valence-corrected chi connectivity index (χ0v) is 10.4. The molecule has 2 nitrogen and oxygen atoms in total. The molecule has 82 valence electrons. The molecule has 0 fully saturated rings. The highest BCUT2D eigenvalue weighted by Gasteiger charge is 2.33. The second kappa shape index (κ2) is 3.74. The number of hydrogen-bond donors (Lipinski definition) is 0. The van der Waals surface area contributed by atoms with Crippen LogP contribution in [-0.2, 0) is 6.54 Å². The minimum atomic E-state index is 0.185. The molecule has 1 aliphatic carbocycles. The van der Waals surface area contributed by atoms with Crippen LogP contribution in [0.4, 0.5) is 0 Å². The van der Waals surface area contributed by atoms with Gasteiger partial charge < -0.3 is 4.90 Å². The summed E-state index contributed by atoms with van der Waals surface area (Å²) < 4.78 is 1.05. The van der Waals surface area contributed by atoms with Crippen LogP contribution >= 0.6 is 15.9 Å². The molecular weight excluding hydrogens is 266 g/mol. The van der Waals surface area contributed by atoms with Crippen LogP contribution in [-0.4, -0.2) is 16.8 Å². The monoisotopic (exact) mass is 277 g/mol. The van der Waals surface area contributed by atoms with E-state index in [1.165, 1.54) is 0 Å². The van der Waals surface area contributed by atoms with E-state index in [-0.39, 0.29) is 5.91 Å². The predicted octanol–water partition coefficient (Wildman–Crippen LogP) is 3.12. The van der Waals surface area contributed by atoms with Crippen LogP contribution < -0.4 is 0 Å². The van der Waals surface area contributed by atoms with Gasteiger partial charge in [0.1, 0.15) is 0 Å². The predicted molar refractivity (Wildman–Crippen MR) is 66.2 cm³/mol. The van der Waals surface area contributed by atoms with Gasteiger partial charge >= 0.3 is 0 Å². The third kappa shape index (κ3) is 1.42. The van der Waals surface area contributed by atoms with Gasteiger partial charge in [-0.2, -0.15) is 0 Å². The van der Waals surface area contributed by atoms with Gasteiger partial charge in [-0.05, 0) is 30.5 Å². The van der Waals surface area contributed by atoms with E-state index in [1.807, 2.05) is 23.1 Å². The number of carbonyl (C=O) groups excluding carboxylic acids is 1. The third-order valence-electron chi connectivity index (χ3n) is 3.36. The molecule has 1 aliphatic heterocycles. The maximum atomic E-state index is 12.2. The van der Waals surface area contributed by atoms with E-state index < -0.39 is 0 Å². The Morgan fingerprint density at radius 1 is 1.25 bits per heavy atom. The molecule has 0 N–H and O–H groups in total. The van der Waals surface area contributed by atoms with Crippen molar-refractivity contribution in [2.75, 3.05) is 0 Å². The summed E-state index contributed by atoms with van der Waals surface area (Å²) >= 11 is 3.52. The summed E-state index contributed by atoms with van der Waals surface area (Å²) in [6, 6.07) is 6.22. The maximum Gasteiger partial charge on any atom is 0.254 e. The lowest BCUT2D eigenvalue weighted by atomic mass is 10.1. The Labute approximate surface area is 103 Å². The molecule has 1 aromatic rings. The summed E-state index contributed by atoms with van der Waals surface area (Å²) in [7, 11) is 0. The van der Waals surface area contributed by atoms with Gasteiger partial charge in [-0.15, -0.1) is 0 Å². The van der Waals surface area contributed by atoms with E-state index in [1.54, 1.807) is 0 Å². The molecular formula is C13H12BrNO. The SMILES string of the molecule is O=C1c2cccc(Br)c2CN1C1CC=CC1. The molecule has 1 aromatic carbocycles. The summed E-state index contributed by atoms with van der Waals surface area (Å²) in [6.45, 7) is 0.752. The van der Waals surface area contributed by atoms with Crippen LogP contribution in [0.1, 0.15) is 28.8 Å². The van der Waals surface area contributed by atoms with Gasteiger partial charge in [-0.3, -0.25) is 4.79 Å². The highest BCUT2D eigenvalue weighted by Crippen LogP contribution is 2.32. The topological polar surface area (TPSA) is 20.3 Å². The Morgan fingerprint density at radius 2 is 2.00 bits per heavy atom. The van der Waals surface area contributed by atoms with E-state index in [0.717, 1.165) is 35.0 Å². The smallest absolute Gasteiger partial charge is 0.254 e. The van der Waals surface area contributed by atoms with E-state index in [0.29, 0.717) is 6.04 Å². The van der Waals surface area contributed by atoms with E-state index >= 15 is 0 Å². The van der Waals surface area contributed by atoms with Crippen LogP contribution in [0, 0.1) is 0 Å². The van der Waals surface area contributed by atoms with Crippen molar-refractivity contribution >= 4 is 21.8 Å². The molecule has 0 atom stereocenters. The summed E-state index contributed by atoms with van der Waals surface area (Å²) in [5.41, 5.74) is 2.00. The molecule has 0 spiro atoms. The summed E-state index contributed by atoms with van der Waals surface area (Å²) in [6.07, 6.45) is 6.32. The first-order valence-corrected chi connectivity index (χ1v) is 6.30. The molecule has 0 aromatic heterocycles. The standard InChI is InChI=1S/C13H12BrNO/c14-12-7-3-6-10-11(12)8-15(13(10)16)9-4-1-2-5-9/h1-3,6-7,9H,4-5,8H2.